The van der Waals surface area contributed by atoms with Gasteiger partial charge in [0.1, 0.15) is 5.82 Å². The average molecular weight is 329 g/mol. The van der Waals surface area contributed by atoms with Gasteiger partial charge in [0.05, 0.1) is 6.08 Å². The van der Waals surface area contributed by atoms with Crippen LogP contribution in [-0.2, 0) is 16.1 Å². The van der Waals surface area contributed by atoms with E-state index >= 15 is 0 Å². The van der Waals surface area contributed by atoms with Crippen molar-refractivity contribution in [2.75, 3.05) is 7.05 Å². The van der Waals surface area contributed by atoms with Gasteiger partial charge in [0.15, 0.2) is 0 Å². The minimum Gasteiger partial charge on any atom is -0.502 e. The van der Waals surface area contributed by atoms with E-state index in [2.05, 4.69) is 0 Å². The Bertz CT molecular complexity index is 784. The molecule has 2 aromatic carbocycles. The third kappa shape index (κ3) is 4.42. The minimum atomic E-state index is -1.56. The molecule has 0 radical (unpaired) electrons. The highest BCUT2D eigenvalue weighted by molar-refractivity contribution is 5.95. The molecule has 0 spiro atoms. The zero-order valence-electron chi connectivity index (χ0n) is 12.9. The van der Waals surface area contributed by atoms with Crippen LogP contribution in [0.5, 0.6) is 0 Å². The molecule has 0 saturated heterocycles. The Morgan fingerprint density at radius 3 is 2.38 bits per heavy atom. The second kappa shape index (κ2) is 7.41. The van der Waals surface area contributed by atoms with Crippen molar-refractivity contribution in [3.63, 3.8) is 0 Å². The first-order chi connectivity index (χ1) is 11.4. The minimum absolute atomic E-state index is 0.233. The first kappa shape index (κ1) is 17.2. The second-order valence-electron chi connectivity index (χ2n) is 5.24. The van der Waals surface area contributed by atoms with Crippen LogP contribution in [0, 0.1) is 5.82 Å². The molecule has 0 unspecified atom stereocenters. The number of aliphatic hydroxyl groups is 1. The van der Waals surface area contributed by atoms with Crippen LogP contribution in [0.2, 0.25) is 0 Å². The van der Waals surface area contributed by atoms with Gasteiger partial charge in [-0.2, -0.15) is 0 Å². The predicted octanol–water partition coefficient (Wildman–Crippen LogP) is 2.98. The van der Waals surface area contributed by atoms with Crippen molar-refractivity contribution in [1.82, 2.24) is 4.90 Å². The molecule has 2 rings (SSSR count). The van der Waals surface area contributed by atoms with Gasteiger partial charge in [-0.25, -0.2) is 9.18 Å². The number of carboxylic acids is 1. The molecule has 124 valence electrons. The molecule has 0 fully saturated rings. The lowest BCUT2D eigenvalue weighted by atomic mass is 10.0. The molecule has 0 aromatic heterocycles. The second-order valence-corrected chi connectivity index (χ2v) is 5.24. The van der Waals surface area contributed by atoms with Crippen molar-refractivity contribution < 1.29 is 24.2 Å². The van der Waals surface area contributed by atoms with E-state index < -0.39 is 17.6 Å². The molecule has 5 nitrogen and oxygen atoms in total. The van der Waals surface area contributed by atoms with Gasteiger partial charge < -0.3 is 15.1 Å². The smallest absolute Gasteiger partial charge is 0.371 e. The number of hydrogen-bond acceptors (Lipinski definition) is 3. The molecular weight excluding hydrogens is 313 g/mol. The van der Waals surface area contributed by atoms with Gasteiger partial charge in [-0.1, -0.05) is 30.3 Å². The van der Waals surface area contributed by atoms with Crippen molar-refractivity contribution in [2.24, 2.45) is 0 Å². The monoisotopic (exact) mass is 329 g/mol. The summed E-state index contributed by atoms with van der Waals surface area (Å²) in [5.41, 5.74) is 2.53. The van der Waals surface area contributed by atoms with E-state index in [1.54, 1.807) is 12.1 Å². The van der Waals surface area contributed by atoms with E-state index in [1.807, 2.05) is 24.3 Å². The fourth-order valence-electron chi connectivity index (χ4n) is 2.13. The Kier molecular flexibility index (Phi) is 5.31. The molecule has 0 aliphatic heterocycles. The van der Waals surface area contributed by atoms with Crippen molar-refractivity contribution in [3.05, 3.63) is 71.7 Å². The van der Waals surface area contributed by atoms with E-state index in [9.17, 15) is 14.0 Å². The number of likely N-dealkylation sites (N-methyl/N-ethyl adjacent to an activating group) is 1. The molecule has 24 heavy (non-hydrogen) atoms. The third-order valence-corrected chi connectivity index (χ3v) is 3.38. The highest BCUT2D eigenvalue weighted by Crippen LogP contribution is 2.21. The lowest BCUT2D eigenvalue weighted by Crippen LogP contribution is -2.25. The zero-order chi connectivity index (χ0) is 17.7. The van der Waals surface area contributed by atoms with Crippen LogP contribution in [0.1, 0.15) is 5.56 Å². The Balaban J connectivity index is 2.14. The van der Waals surface area contributed by atoms with E-state index in [0.29, 0.717) is 6.08 Å². The molecule has 0 aliphatic carbocycles. The Labute approximate surface area is 138 Å². The Morgan fingerprint density at radius 1 is 1.08 bits per heavy atom. The number of carbonyl (C=O) groups excluding carboxylic acids is 1. The van der Waals surface area contributed by atoms with E-state index in [4.69, 9.17) is 10.2 Å². The van der Waals surface area contributed by atoms with Gasteiger partial charge in [0, 0.05) is 13.6 Å². The van der Waals surface area contributed by atoms with Crippen LogP contribution in [0.15, 0.2) is 60.4 Å². The summed E-state index contributed by atoms with van der Waals surface area (Å²) < 4.78 is 13.0. The topological polar surface area (TPSA) is 77.8 Å². The number of nitrogens with zero attached hydrogens (tertiary/aromatic N) is 1. The molecule has 1 amide bonds. The fourth-order valence-corrected chi connectivity index (χ4v) is 2.13. The van der Waals surface area contributed by atoms with Crippen molar-refractivity contribution in [2.45, 2.75) is 6.54 Å². The molecule has 0 aliphatic rings. The summed E-state index contributed by atoms with van der Waals surface area (Å²) in [5, 5.41) is 17.7. The molecular formula is C18H16FNO4. The maximum Gasteiger partial charge on any atom is 0.371 e. The molecule has 2 N–H and O–H groups in total. The number of halogens is 1. The van der Waals surface area contributed by atoms with E-state index in [1.165, 1.54) is 24.1 Å². The van der Waals surface area contributed by atoms with E-state index in [-0.39, 0.29) is 12.4 Å². The van der Waals surface area contributed by atoms with Gasteiger partial charge >= 0.3 is 5.97 Å². The van der Waals surface area contributed by atoms with Crippen LogP contribution in [0.25, 0.3) is 11.1 Å². The SMILES string of the molecule is CN(Cc1cccc(-c2ccc(F)cc2)c1)C(=O)C=C(O)C(=O)O. The lowest BCUT2D eigenvalue weighted by molar-refractivity contribution is -0.136. The summed E-state index contributed by atoms with van der Waals surface area (Å²) in [6.07, 6.45) is 0.659. The Morgan fingerprint density at radius 2 is 1.75 bits per heavy atom. The summed E-state index contributed by atoms with van der Waals surface area (Å²) >= 11 is 0. The van der Waals surface area contributed by atoms with Gasteiger partial charge in [-0.15, -0.1) is 0 Å². The number of carbonyl (C=O) groups is 2. The fraction of sp³-hybridized carbons (Fsp3) is 0.111. The molecule has 0 heterocycles. The van der Waals surface area contributed by atoms with Crippen molar-refractivity contribution in [1.29, 1.82) is 0 Å². The molecule has 2 aromatic rings. The van der Waals surface area contributed by atoms with Crippen LogP contribution in [0.3, 0.4) is 0 Å². The van der Waals surface area contributed by atoms with Gasteiger partial charge in [0.2, 0.25) is 5.76 Å². The number of aliphatic carboxylic acids is 1. The summed E-state index contributed by atoms with van der Waals surface area (Å²) in [7, 11) is 1.50. The first-order valence-corrected chi connectivity index (χ1v) is 7.11. The number of aliphatic hydroxyl groups excluding tert-OH is 1. The standard InChI is InChI=1S/C18H16FNO4/c1-20(17(22)10-16(21)18(23)24)11-12-3-2-4-14(9-12)13-5-7-15(19)8-6-13/h2-10,21H,11H2,1H3,(H,23,24). The van der Waals surface area contributed by atoms with Crippen LogP contribution < -0.4 is 0 Å². The molecule has 6 heteroatoms. The number of hydrogen-bond donors (Lipinski definition) is 2. The van der Waals surface area contributed by atoms with E-state index in [0.717, 1.165) is 16.7 Å². The average Bonchev–Trinajstić information content (AvgIpc) is 2.55. The summed E-state index contributed by atoms with van der Waals surface area (Å²) in [4.78, 5) is 23.6. The summed E-state index contributed by atoms with van der Waals surface area (Å²) in [6.45, 7) is 0.233. The van der Waals surface area contributed by atoms with Crippen LogP contribution in [-0.4, -0.2) is 34.0 Å². The molecule has 0 saturated carbocycles. The molecule has 0 atom stereocenters. The quantitative estimate of drug-likeness (QED) is 0.653. The lowest BCUT2D eigenvalue weighted by Gasteiger charge is -2.16. The maximum atomic E-state index is 13.0. The van der Waals surface area contributed by atoms with Gasteiger partial charge in [-0.05, 0) is 34.9 Å². The number of benzene rings is 2. The third-order valence-electron chi connectivity index (χ3n) is 3.38. The number of carboxylic acid groups (broad SMARTS) is 1. The number of amides is 1. The normalized spacial score (nSPS) is 11.2. The van der Waals surface area contributed by atoms with Crippen LogP contribution >= 0.6 is 0 Å². The largest absolute Gasteiger partial charge is 0.502 e. The van der Waals surface area contributed by atoms with Crippen molar-refractivity contribution >= 4 is 11.9 Å². The molecule has 0 bridgehead atoms. The Hall–Kier alpha value is -3.15. The highest BCUT2D eigenvalue weighted by Gasteiger charge is 2.12. The predicted molar refractivity (Wildman–Crippen MR) is 86.7 cm³/mol. The summed E-state index contributed by atoms with van der Waals surface area (Å²) in [6, 6.07) is 13.4. The maximum absolute atomic E-state index is 13.0. The number of rotatable bonds is 5. The van der Waals surface area contributed by atoms with Crippen LogP contribution in [0.4, 0.5) is 4.39 Å². The zero-order valence-corrected chi connectivity index (χ0v) is 12.9. The first-order valence-electron chi connectivity index (χ1n) is 7.11. The van der Waals surface area contributed by atoms with Gasteiger partial charge in [-0.3, -0.25) is 4.79 Å². The summed E-state index contributed by atoms with van der Waals surface area (Å²) in [5.74, 6) is -3.51. The van der Waals surface area contributed by atoms with Crippen molar-refractivity contribution in [3.8, 4) is 11.1 Å². The van der Waals surface area contributed by atoms with Gasteiger partial charge in [0.25, 0.3) is 5.91 Å². The highest BCUT2D eigenvalue weighted by atomic mass is 19.1.